The minimum atomic E-state index is -0.0155. The van der Waals surface area contributed by atoms with E-state index in [0.29, 0.717) is 13.0 Å². The van der Waals surface area contributed by atoms with Gasteiger partial charge < -0.3 is 15.8 Å². The SMILES string of the molecule is CNC(=O)CC1(CN)CCOCC1. The third kappa shape index (κ3) is 2.67. The first-order chi connectivity index (χ1) is 6.22. The Morgan fingerprint density at radius 1 is 1.54 bits per heavy atom. The van der Waals surface area contributed by atoms with Crippen molar-refractivity contribution in [1.29, 1.82) is 0 Å². The number of rotatable bonds is 3. The average Bonchev–Trinajstić information content (AvgIpc) is 2.19. The van der Waals surface area contributed by atoms with Gasteiger partial charge in [0.2, 0.25) is 5.91 Å². The van der Waals surface area contributed by atoms with Crippen LogP contribution in [0.5, 0.6) is 0 Å². The molecule has 1 saturated heterocycles. The maximum Gasteiger partial charge on any atom is 0.220 e. The molecule has 1 amide bonds. The summed E-state index contributed by atoms with van der Waals surface area (Å²) in [4.78, 5) is 11.2. The second-order valence-corrected chi connectivity index (χ2v) is 3.67. The van der Waals surface area contributed by atoms with E-state index in [1.54, 1.807) is 7.05 Å². The summed E-state index contributed by atoms with van der Waals surface area (Å²) in [6.45, 7) is 2.03. The molecule has 0 bridgehead atoms. The molecule has 0 aromatic heterocycles. The molecule has 0 atom stereocenters. The molecular formula is C9H18N2O2. The van der Waals surface area contributed by atoms with Gasteiger partial charge in [0.1, 0.15) is 0 Å². The second kappa shape index (κ2) is 4.58. The largest absolute Gasteiger partial charge is 0.381 e. The third-order valence-electron chi connectivity index (χ3n) is 2.80. The number of nitrogens with one attached hydrogen (secondary N) is 1. The first-order valence-corrected chi connectivity index (χ1v) is 4.71. The number of hydrogen-bond donors (Lipinski definition) is 2. The number of carbonyl (C=O) groups is 1. The Hall–Kier alpha value is -0.610. The van der Waals surface area contributed by atoms with E-state index in [-0.39, 0.29) is 11.3 Å². The molecule has 0 saturated carbocycles. The lowest BCUT2D eigenvalue weighted by Crippen LogP contribution is -2.40. The summed E-state index contributed by atoms with van der Waals surface area (Å²) < 4.78 is 5.25. The van der Waals surface area contributed by atoms with Gasteiger partial charge in [0.25, 0.3) is 0 Å². The van der Waals surface area contributed by atoms with Gasteiger partial charge in [-0.1, -0.05) is 0 Å². The van der Waals surface area contributed by atoms with Crippen LogP contribution in [0.25, 0.3) is 0 Å². The summed E-state index contributed by atoms with van der Waals surface area (Å²) in [5.41, 5.74) is 5.69. The Labute approximate surface area is 78.8 Å². The molecule has 1 aliphatic rings. The Kier molecular flexibility index (Phi) is 3.69. The molecule has 1 fully saturated rings. The number of hydrogen-bond acceptors (Lipinski definition) is 3. The normalized spacial score (nSPS) is 21.1. The molecule has 1 heterocycles. The topological polar surface area (TPSA) is 64.4 Å². The molecule has 0 spiro atoms. The summed E-state index contributed by atoms with van der Waals surface area (Å²) in [5.74, 6) is 0.0763. The highest BCUT2D eigenvalue weighted by atomic mass is 16.5. The molecule has 0 aromatic rings. The van der Waals surface area contributed by atoms with Crippen LogP contribution in [0, 0.1) is 5.41 Å². The fraction of sp³-hybridized carbons (Fsp3) is 0.889. The molecule has 3 N–H and O–H groups in total. The maximum atomic E-state index is 11.2. The van der Waals surface area contributed by atoms with E-state index >= 15 is 0 Å². The summed E-state index contributed by atoms with van der Waals surface area (Å²) in [7, 11) is 1.66. The zero-order chi connectivity index (χ0) is 9.73. The van der Waals surface area contributed by atoms with Crippen LogP contribution in [-0.2, 0) is 9.53 Å². The molecule has 1 aliphatic heterocycles. The van der Waals surface area contributed by atoms with Crippen molar-refractivity contribution in [2.24, 2.45) is 11.1 Å². The molecular weight excluding hydrogens is 168 g/mol. The molecule has 1 rings (SSSR count). The van der Waals surface area contributed by atoms with E-state index < -0.39 is 0 Å². The Balaban J connectivity index is 2.52. The number of ether oxygens (including phenoxy) is 1. The molecule has 4 heteroatoms. The molecule has 0 aromatic carbocycles. The van der Waals surface area contributed by atoms with Gasteiger partial charge in [0.05, 0.1) is 0 Å². The van der Waals surface area contributed by atoms with Crippen molar-refractivity contribution >= 4 is 5.91 Å². The van der Waals surface area contributed by atoms with Gasteiger partial charge in [-0.05, 0) is 24.8 Å². The van der Waals surface area contributed by atoms with Gasteiger partial charge in [-0.3, -0.25) is 4.79 Å². The Morgan fingerprint density at radius 3 is 2.62 bits per heavy atom. The van der Waals surface area contributed by atoms with E-state index in [0.717, 1.165) is 26.1 Å². The lowest BCUT2D eigenvalue weighted by atomic mass is 9.77. The number of amides is 1. The van der Waals surface area contributed by atoms with Crippen LogP contribution in [0.15, 0.2) is 0 Å². The monoisotopic (exact) mass is 186 g/mol. The molecule has 76 valence electrons. The first-order valence-electron chi connectivity index (χ1n) is 4.71. The van der Waals surface area contributed by atoms with E-state index in [1.165, 1.54) is 0 Å². The van der Waals surface area contributed by atoms with Gasteiger partial charge in [-0.25, -0.2) is 0 Å². The van der Waals surface area contributed by atoms with Crippen molar-refractivity contribution in [3.05, 3.63) is 0 Å². The van der Waals surface area contributed by atoms with Crippen molar-refractivity contribution in [2.75, 3.05) is 26.8 Å². The highest BCUT2D eigenvalue weighted by Gasteiger charge is 2.33. The summed E-state index contributed by atoms with van der Waals surface area (Å²) in [6, 6.07) is 0. The van der Waals surface area contributed by atoms with Crippen molar-refractivity contribution in [2.45, 2.75) is 19.3 Å². The molecule has 0 radical (unpaired) electrons. The Bertz CT molecular complexity index is 176. The highest BCUT2D eigenvalue weighted by Crippen LogP contribution is 2.32. The van der Waals surface area contributed by atoms with E-state index in [4.69, 9.17) is 10.5 Å². The predicted octanol–water partition coefficient (Wildman–Crippen LogP) is -0.122. The quantitative estimate of drug-likeness (QED) is 0.645. The summed E-state index contributed by atoms with van der Waals surface area (Å²) in [5, 5.41) is 2.64. The third-order valence-corrected chi connectivity index (χ3v) is 2.80. The van der Waals surface area contributed by atoms with E-state index in [2.05, 4.69) is 5.32 Å². The van der Waals surface area contributed by atoms with Crippen molar-refractivity contribution in [3.8, 4) is 0 Å². The van der Waals surface area contributed by atoms with Crippen molar-refractivity contribution in [3.63, 3.8) is 0 Å². The van der Waals surface area contributed by atoms with E-state index in [1.807, 2.05) is 0 Å². The molecule has 0 unspecified atom stereocenters. The van der Waals surface area contributed by atoms with Crippen LogP contribution < -0.4 is 11.1 Å². The number of carbonyl (C=O) groups excluding carboxylic acids is 1. The summed E-state index contributed by atoms with van der Waals surface area (Å²) >= 11 is 0. The lowest BCUT2D eigenvalue weighted by Gasteiger charge is -2.35. The predicted molar refractivity (Wildman–Crippen MR) is 50.2 cm³/mol. The van der Waals surface area contributed by atoms with Gasteiger partial charge in [-0.15, -0.1) is 0 Å². The molecule has 13 heavy (non-hydrogen) atoms. The minimum Gasteiger partial charge on any atom is -0.381 e. The first kappa shape index (κ1) is 10.5. The average molecular weight is 186 g/mol. The van der Waals surface area contributed by atoms with Gasteiger partial charge >= 0.3 is 0 Å². The van der Waals surface area contributed by atoms with Crippen LogP contribution in [0.1, 0.15) is 19.3 Å². The van der Waals surface area contributed by atoms with Gasteiger partial charge in [-0.2, -0.15) is 0 Å². The summed E-state index contributed by atoms with van der Waals surface area (Å²) in [6.07, 6.45) is 2.33. The smallest absolute Gasteiger partial charge is 0.220 e. The van der Waals surface area contributed by atoms with E-state index in [9.17, 15) is 4.79 Å². The fourth-order valence-corrected chi connectivity index (χ4v) is 1.69. The van der Waals surface area contributed by atoms with Crippen LogP contribution in [0.3, 0.4) is 0 Å². The minimum absolute atomic E-state index is 0.0155. The second-order valence-electron chi connectivity index (χ2n) is 3.67. The number of nitrogens with two attached hydrogens (primary N) is 1. The van der Waals surface area contributed by atoms with Crippen LogP contribution in [-0.4, -0.2) is 32.7 Å². The zero-order valence-electron chi connectivity index (χ0n) is 8.14. The van der Waals surface area contributed by atoms with Crippen LogP contribution in [0.4, 0.5) is 0 Å². The molecule has 4 nitrogen and oxygen atoms in total. The van der Waals surface area contributed by atoms with Crippen molar-refractivity contribution < 1.29 is 9.53 Å². The Morgan fingerprint density at radius 2 is 2.15 bits per heavy atom. The zero-order valence-corrected chi connectivity index (χ0v) is 8.14. The standard InChI is InChI=1S/C9H18N2O2/c1-11-8(12)6-9(7-10)2-4-13-5-3-9/h2-7,10H2,1H3,(H,11,12). The van der Waals surface area contributed by atoms with Crippen LogP contribution in [0.2, 0.25) is 0 Å². The molecule has 0 aliphatic carbocycles. The lowest BCUT2D eigenvalue weighted by molar-refractivity contribution is -0.124. The fourth-order valence-electron chi connectivity index (χ4n) is 1.69. The maximum absolute atomic E-state index is 11.2. The van der Waals surface area contributed by atoms with Crippen molar-refractivity contribution in [1.82, 2.24) is 5.32 Å². The highest BCUT2D eigenvalue weighted by molar-refractivity contribution is 5.76. The van der Waals surface area contributed by atoms with Gasteiger partial charge in [0, 0.05) is 26.7 Å². The van der Waals surface area contributed by atoms with Gasteiger partial charge in [0.15, 0.2) is 0 Å². The van der Waals surface area contributed by atoms with Crippen LogP contribution >= 0.6 is 0 Å².